The number of carbonyl (C=O) groups excluding carboxylic acids is 1. The number of urea groups is 1. The molecule has 0 radical (unpaired) electrons. The molecule has 0 bridgehead atoms. The Morgan fingerprint density at radius 3 is 3.16 bits per heavy atom. The quantitative estimate of drug-likeness (QED) is 0.855. The number of hydrogen-bond acceptors (Lipinski definition) is 6. The van der Waals surface area contributed by atoms with Crippen molar-refractivity contribution in [2.75, 3.05) is 31.6 Å². The van der Waals surface area contributed by atoms with Crippen LogP contribution in [0.25, 0.3) is 11.3 Å². The Hall–Kier alpha value is -2.03. The van der Waals surface area contributed by atoms with E-state index in [1.165, 1.54) is 24.2 Å². The number of rotatable bonds is 5. The van der Waals surface area contributed by atoms with E-state index < -0.39 is 0 Å². The molecule has 3 heterocycles. The lowest BCUT2D eigenvalue weighted by Crippen LogP contribution is -2.48. The van der Waals surface area contributed by atoms with E-state index in [9.17, 15) is 4.79 Å². The van der Waals surface area contributed by atoms with Gasteiger partial charge >= 0.3 is 6.03 Å². The number of nitrogens with zero attached hydrogens (tertiary/aromatic N) is 3. The highest BCUT2D eigenvalue weighted by Crippen LogP contribution is 2.28. The molecular formula is C17H21N5O2S. The number of anilines is 1. The van der Waals surface area contributed by atoms with Crippen molar-refractivity contribution in [2.45, 2.75) is 25.0 Å². The summed E-state index contributed by atoms with van der Waals surface area (Å²) in [6.45, 7) is 3.15. The van der Waals surface area contributed by atoms with Gasteiger partial charge < -0.3 is 10.1 Å². The summed E-state index contributed by atoms with van der Waals surface area (Å²) in [6.07, 6.45) is 6.13. The molecule has 132 valence electrons. The second kappa shape index (κ2) is 7.47. The lowest BCUT2D eigenvalue weighted by molar-refractivity contribution is -0.0286. The van der Waals surface area contributed by atoms with Gasteiger partial charge in [0.15, 0.2) is 5.13 Å². The van der Waals surface area contributed by atoms with Gasteiger partial charge in [0.1, 0.15) is 0 Å². The molecule has 2 aromatic rings. The number of amides is 2. The van der Waals surface area contributed by atoms with Crippen molar-refractivity contribution in [3.63, 3.8) is 0 Å². The number of aromatic nitrogens is 2. The fraction of sp³-hybridized carbons (Fsp3) is 0.471. The standard InChI is InChI=1S/C17H21N5O2S/c23-16(19-9-14-10-22(6-7-24-14)13-3-4-13)21-17-20-15(11-25-17)12-2-1-5-18-8-12/h1-2,5,8,11,13-14H,3-4,6-7,9-10H2,(H2,19,20,21,23)/t14-/m0/s1. The molecule has 1 aliphatic heterocycles. The highest BCUT2D eigenvalue weighted by atomic mass is 32.1. The molecule has 25 heavy (non-hydrogen) atoms. The van der Waals surface area contributed by atoms with Crippen LogP contribution in [0.2, 0.25) is 0 Å². The highest BCUT2D eigenvalue weighted by molar-refractivity contribution is 7.14. The van der Waals surface area contributed by atoms with Gasteiger partial charge in [-0.25, -0.2) is 9.78 Å². The number of pyridine rings is 1. The monoisotopic (exact) mass is 359 g/mol. The van der Waals surface area contributed by atoms with E-state index in [-0.39, 0.29) is 12.1 Å². The van der Waals surface area contributed by atoms with Crippen molar-refractivity contribution in [1.29, 1.82) is 0 Å². The lowest BCUT2D eigenvalue weighted by Gasteiger charge is -2.33. The highest BCUT2D eigenvalue weighted by Gasteiger charge is 2.32. The zero-order chi connectivity index (χ0) is 17.1. The van der Waals surface area contributed by atoms with Crippen LogP contribution in [0.4, 0.5) is 9.93 Å². The Morgan fingerprint density at radius 2 is 2.36 bits per heavy atom. The Labute approximate surface area is 150 Å². The molecule has 1 atom stereocenters. The number of morpholine rings is 1. The van der Waals surface area contributed by atoms with Crippen LogP contribution in [0.15, 0.2) is 29.9 Å². The Kier molecular flexibility index (Phi) is 4.91. The van der Waals surface area contributed by atoms with Crippen molar-refractivity contribution in [3.8, 4) is 11.3 Å². The van der Waals surface area contributed by atoms with Crippen LogP contribution in [0, 0.1) is 0 Å². The molecule has 4 rings (SSSR count). The maximum Gasteiger partial charge on any atom is 0.321 e. The van der Waals surface area contributed by atoms with Crippen LogP contribution in [0.3, 0.4) is 0 Å². The van der Waals surface area contributed by atoms with E-state index in [0.29, 0.717) is 11.7 Å². The average molecular weight is 359 g/mol. The number of nitrogens with one attached hydrogen (secondary N) is 2. The van der Waals surface area contributed by atoms with Crippen LogP contribution < -0.4 is 10.6 Å². The number of hydrogen-bond donors (Lipinski definition) is 2. The zero-order valence-corrected chi connectivity index (χ0v) is 14.7. The Balaban J connectivity index is 1.25. The second-order valence-corrected chi connectivity index (χ2v) is 7.19. The number of ether oxygens (including phenoxy) is 1. The summed E-state index contributed by atoms with van der Waals surface area (Å²) in [7, 11) is 0. The van der Waals surface area contributed by atoms with E-state index in [4.69, 9.17) is 4.74 Å². The molecule has 2 aromatic heterocycles. The molecule has 1 aliphatic carbocycles. The molecular weight excluding hydrogens is 338 g/mol. The molecule has 2 fully saturated rings. The summed E-state index contributed by atoms with van der Waals surface area (Å²) in [5, 5.41) is 8.15. The third-order valence-corrected chi connectivity index (χ3v) is 5.16. The van der Waals surface area contributed by atoms with Crippen molar-refractivity contribution in [3.05, 3.63) is 29.9 Å². The van der Waals surface area contributed by atoms with Gasteiger partial charge in [-0.2, -0.15) is 0 Å². The van der Waals surface area contributed by atoms with Crippen LogP contribution in [-0.2, 0) is 4.74 Å². The van der Waals surface area contributed by atoms with Gasteiger partial charge in [-0.15, -0.1) is 11.3 Å². The van der Waals surface area contributed by atoms with Crippen molar-refractivity contribution in [1.82, 2.24) is 20.2 Å². The molecule has 8 heteroatoms. The summed E-state index contributed by atoms with van der Waals surface area (Å²) in [5.74, 6) is 0. The molecule has 1 saturated heterocycles. The van der Waals surface area contributed by atoms with Gasteiger partial charge in [0.2, 0.25) is 0 Å². The first kappa shape index (κ1) is 16.4. The molecule has 0 aromatic carbocycles. The zero-order valence-electron chi connectivity index (χ0n) is 13.9. The molecule has 7 nitrogen and oxygen atoms in total. The van der Waals surface area contributed by atoms with Gasteiger partial charge in [0.05, 0.1) is 18.4 Å². The van der Waals surface area contributed by atoms with Crippen molar-refractivity contribution < 1.29 is 9.53 Å². The van der Waals surface area contributed by atoms with Gasteiger partial charge in [-0.1, -0.05) is 0 Å². The number of thiazole rings is 1. The minimum atomic E-state index is -0.251. The molecule has 2 aliphatic rings. The predicted octanol–water partition coefficient (Wildman–Crippen LogP) is 2.19. The van der Waals surface area contributed by atoms with Crippen LogP contribution in [0.5, 0.6) is 0 Å². The summed E-state index contributed by atoms with van der Waals surface area (Å²) >= 11 is 1.40. The fourth-order valence-electron chi connectivity index (χ4n) is 2.96. The largest absolute Gasteiger partial charge is 0.374 e. The summed E-state index contributed by atoms with van der Waals surface area (Å²) in [4.78, 5) is 23.1. The van der Waals surface area contributed by atoms with E-state index >= 15 is 0 Å². The van der Waals surface area contributed by atoms with Crippen LogP contribution in [-0.4, -0.2) is 59.3 Å². The summed E-state index contributed by atoms with van der Waals surface area (Å²) in [5.41, 5.74) is 1.74. The normalized spacial score (nSPS) is 21.0. The van der Waals surface area contributed by atoms with E-state index in [2.05, 4.69) is 25.5 Å². The first-order valence-corrected chi connectivity index (χ1v) is 9.42. The van der Waals surface area contributed by atoms with Gasteiger partial charge in [-0.05, 0) is 25.0 Å². The van der Waals surface area contributed by atoms with Crippen molar-refractivity contribution >= 4 is 22.5 Å². The Bertz CT molecular complexity index is 719. The summed E-state index contributed by atoms with van der Waals surface area (Å²) in [6, 6.07) is 4.29. The topological polar surface area (TPSA) is 79.4 Å². The van der Waals surface area contributed by atoms with Crippen LogP contribution in [0.1, 0.15) is 12.8 Å². The maximum atomic E-state index is 12.1. The number of carbonyl (C=O) groups is 1. The molecule has 0 unspecified atom stereocenters. The summed E-state index contributed by atoms with van der Waals surface area (Å²) < 4.78 is 5.74. The third kappa shape index (κ3) is 4.33. The lowest BCUT2D eigenvalue weighted by atomic mass is 10.2. The first-order valence-electron chi connectivity index (χ1n) is 8.54. The van der Waals surface area contributed by atoms with E-state index in [0.717, 1.165) is 37.0 Å². The molecule has 2 N–H and O–H groups in total. The predicted molar refractivity (Wildman–Crippen MR) is 96.7 cm³/mol. The first-order chi connectivity index (χ1) is 12.3. The maximum absolute atomic E-state index is 12.1. The van der Waals surface area contributed by atoms with Gasteiger partial charge in [-0.3, -0.25) is 15.2 Å². The molecule has 0 spiro atoms. The minimum absolute atomic E-state index is 0.0577. The third-order valence-electron chi connectivity index (χ3n) is 4.41. The van der Waals surface area contributed by atoms with Gasteiger partial charge in [0, 0.05) is 49.0 Å². The fourth-order valence-corrected chi connectivity index (χ4v) is 3.68. The van der Waals surface area contributed by atoms with Crippen LogP contribution >= 0.6 is 11.3 Å². The average Bonchev–Trinajstić information content (AvgIpc) is 3.41. The van der Waals surface area contributed by atoms with Gasteiger partial charge in [0.25, 0.3) is 0 Å². The van der Waals surface area contributed by atoms with E-state index in [1.807, 2.05) is 17.5 Å². The second-order valence-electron chi connectivity index (χ2n) is 6.33. The van der Waals surface area contributed by atoms with Crippen molar-refractivity contribution in [2.24, 2.45) is 0 Å². The molecule has 2 amide bonds. The smallest absolute Gasteiger partial charge is 0.321 e. The molecule has 1 saturated carbocycles. The minimum Gasteiger partial charge on any atom is -0.374 e. The van der Waals surface area contributed by atoms with E-state index in [1.54, 1.807) is 12.4 Å². The Morgan fingerprint density at radius 1 is 1.44 bits per heavy atom. The SMILES string of the molecule is O=C(NC[C@H]1CN(C2CC2)CCO1)Nc1nc(-c2cccnc2)cs1.